The lowest BCUT2D eigenvalue weighted by Crippen LogP contribution is -2.47. The molecule has 0 radical (unpaired) electrons. The first-order valence-corrected chi connectivity index (χ1v) is 10.2. The van der Waals surface area contributed by atoms with E-state index in [0.29, 0.717) is 16.8 Å². The van der Waals surface area contributed by atoms with Gasteiger partial charge in [-0.25, -0.2) is 0 Å². The maximum atomic E-state index is 12.9. The van der Waals surface area contributed by atoms with Crippen molar-refractivity contribution in [2.24, 2.45) is 5.73 Å². The molecule has 0 aliphatic carbocycles. The quantitative estimate of drug-likeness (QED) is 0.383. The Labute approximate surface area is 192 Å². The zero-order chi connectivity index (χ0) is 24.0. The summed E-state index contributed by atoms with van der Waals surface area (Å²) >= 11 is 0. The summed E-state index contributed by atoms with van der Waals surface area (Å²) < 4.78 is 0. The van der Waals surface area contributed by atoms with Gasteiger partial charge in [0.05, 0.1) is 11.6 Å². The third-order valence-corrected chi connectivity index (χ3v) is 5.09. The molecule has 1 aromatic heterocycles. The number of hydrogen-bond acceptors (Lipinski definition) is 5. The van der Waals surface area contributed by atoms with E-state index < -0.39 is 11.9 Å². The lowest BCUT2D eigenvalue weighted by Gasteiger charge is -2.22. The fourth-order valence-corrected chi connectivity index (χ4v) is 3.37. The van der Waals surface area contributed by atoms with E-state index >= 15 is 0 Å². The average molecular weight is 441 g/mol. The highest BCUT2D eigenvalue weighted by Crippen LogP contribution is 2.23. The second kappa shape index (κ2) is 10.2. The number of likely N-dealkylation sites (N-methyl/N-ethyl adjacent to an activating group) is 1. The molecule has 8 nitrogen and oxygen atoms in total. The number of benzene rings is 2. The zero-order valence-electron chi connectivity index (χ0n) is 18.4. The number of hydrogen-bond donors (Lipinski definition) is 3. The van der Waals surface area contributed by atoms with Crippen molar-refractivity contribution in [1.82, 2.24) is 15.2 Å². The van der Waals surface area contributed by atoms with Crippen molar-refractivity contribution in [1.29, 1.82) is 10.7 Å². The van der Waals surface area contributed by atoms with Gasteiger partial charge < -0.3 is 16.0 Å². The molecule has 0 spiro atoms. The van der Waals surface area contributed by atoms with Crippen LogP contribution in [0.2, 0.25) is 0 Å². The van der Waals surface area contributed by atoms with Gasteiger partial charge in [-0.3, -0.25) is 20.0 Å². The molecule has 0 aliphatic rings. The van der Waals surface area contributed by atoms with Crippen LogP contribution in [0, 0.1) is 16.7 Å². The van der Waals surface area contributed by atoms with E-state index in [1.165, 1.54) is 11.1 Å². The molecule has 1 atom stereocenters. The Morgan fingerprint density at radius 1 is 1.15 bits per heavy atom. The third-order valence-electron chi connectivity index (χ3n) is 5.09. The minimum Gasteiger partial charge on any atom is -0.382 e. The first-order chi connectivity index (χ1) is 15.8. The van der Waals surface area contributed by atoms with Gasteiger partial charge in [-0.2, -0.15) is 5.26 Å². The summed E-state index contributed by atoms with van der Waals surface area (Å²) in [4.78, 5) is 31.1. The van der Waals surface area contributed by atoms with Gasteiger partial charge in [-0.05, 0) is 47.0 Å². The SMILES string of the molecule is CN(C)C(=O)[C@H](Cc1ccnc(C(=N)N)c1)NC(=O)c1ccc(-c2ccccc2C#N)cc1. The number of nitrogens with one attached hydrogen (secondary N) is 2. The molecule has 0 bridgehead atoms. The van der Waals surface area contributed by atoms with E-state index in [1.807, 2.05) is 12.1 Å². The predicted molar refractivity (Wildman–Crippen MR) is 125 cm³/mol. The normalized spacial score (nSPS) is 11.2. The van der Waals surface area contributed by atoms with E-state index in [0.717, 1.165) is 16.7 Å². The van der Waals surface area contributed by atoms with Crippen molar-refractivity contribution in [2.45, 2.75) is 12.5 Å². The number of aromatic nitrogens is 1. The molecule has 0 saturated heterocycles. The van der Waals surface area contributed by atoms with E-state index in [2.05, 4.69) is 16.4 Å². The van der Waals surface area contributed by atoms with Gasteiger partial charge in [0.1, 0.15) is 17.6 Å². The topological polar surface area (TPSA) is 136 Å². The number of nitrogen functional groups attached to an aromatic ring is 1. The van der Waals surface area contributed by atoms with Gasteiger partial charge in [-0.15, -0.1) is 0 Å². The number of pyridine rings is 1. The molecule has 0 fully saturated rings. The van der Waals surface area contributed by atoms with Gasteiger partial charge in [0, 0.05) is 32.3 Å². The predicted octanol–water partition coefficient (Wildman–Crippen LogP) is 2.33. The van der Waals surface area contributed by atoms with Crippen LogP contribution in [0.25, 0.3) is 11.1 Å². The minimum absolute atomic E-state index is 0.172. The lowest BCUT2D eigenvalue weighted by molar-refractivity contribution is -0.130. The van der Waals surface area contributed by atoms with E-state index in [9.17, 15) is 14.9 Å². The maximum absolute atomic E-state index is 12.9. The van der Waals surface area contributed by atoms with Crippen LogP contribution in [-0.2, 0) is 11.2 Å². The number of nitrogens with zero attached hydrogens (tertiary/aromatic N) is 3. The molecule has 3 rings (SSSR count). The van der Waals surface area contributed by atoms with Crippen LogP contribution in [0.5, 0.6) is 0 Å². The molecule has 1 heterocycles. The Hall–Kier alpha value is -4.51. The van der Waals surface area contributed by atoms with Gasteiger partial charge in [-0.1, -0.05) is 30.3 Å². The summed E-state index contributed by atoms with van der Waals surface area (Å²) in [5.41, 5.74) is 9.08. The smallest absolute Gasteiger partial charge is 0.251 e. The molecule has 8 heteroatoms. The lowest BCUT2D eigenvalue weighted by atomic mass is 9.99. The molecule has 0 aliphatic heterocycles. The van der Waals surface area contributed by atoms with Crippen molar-refractivity contribution in [3.63, 3.8) is 0 Å². The fraction of sp³-hybridized carbons (Fsp3) is 0.160. The Balaban J connectivity index is 1.81. The summed E-state index contributed by atoms with van der Waals surface area (Å²) in [5, 5.41) is 19.7. The Morgan fingerprint density at radius 2 is 1.85 bits per heavy atom. The van der Waals surface area contributed by atoms with Crippen molar-refractivity contribution in [3.05, 3.63) is 89.2 Å². The first kappa shape index (κ1) is 23.2. The Morgan fingerprint density at radius 3 is 2.48 bits per heavy atom. The molecule has 0 unspecified atom stereocenters. The summed E-state index contributed by atoms with van der Waals surface area (Å²) in [5.74, 6) is -0.824. The van der Waals surface area contributed by atoms with Crippen LogP contribution < -0.4 is 11.1 Å². The number of carbonyl (C=O) groups excluding carboxylic acids is 2. The van der Waals surface area contributed by atoms with Crippen LogP contribution in [0.3, 0.4) is 0 Å². The standard InChI is InChI=1S/C25H24N6O2/c1-31(2)25(33)22(14-16-11-12-29-21(13-16)23(27)28)30-24(32)18-9-7-17(8-10-18)20-6-4-3-5-19(20)15-26/h3-13,22H,14H2,1-2H3,(H3,27,28)(H,30,32)/t22-/m0/s1. The molecular formula is C25H24N6O2. The van der Waals surface area contributed by atoms with Crippen LogP contribution in [0.15, 0.2) is 66.9 Å². The van der Waals surface area contributed by atoms with Gasteiger partial charge in [0.15, 0.2) is 0 Å². The van der Waals surface area contributed by atoms with Crippen LogP contribution in [0.4, 0.5) is 0 Å². The van der Waals surface area contributed by atoms with E-state index in [1.54, 1.807) is 62.6 Å². The monoisotopic (exact) mass is 440 g/mol. The average Bonchev–Trinajstić information content (AvgIpc) is 2.83. The highest BCUT2D eigenvalue weighted by atomic mass is 16.2. The van der Waals surface area contributed by atoms with Crippen molar-refractivity contribution in [3.8, 4) is 17.2 Å². The highest BCUT2D eigenvalue weighted by Gasteiger charge is 2.24. The molecule has 2 aromatic carbocycles. The van der Waals surface area contributed by atoms with Gasteiger partial charge in [0.25, 0.3) is 5.91 Å². The maximum Gasteiger partial charge on any atom is 0.251 e. The number of rotatable bonds is 7. The zero-order valence-corrected chi connectivity index (χ0v) is 18.4. The van der Waals surface area contributed by atoms with Gasteiger partial charge in [0.2, 0.25) is 5.91 Å². The van der Waals surface area contributed by atoms with Crippen molar-refractivity contribution >= 4 is 17.6 Å². The summed E-state index contributed by atoms with van der Waals surface area (Å²) in [6.07, 6.45) is 1.74. The van der Waals surface area contributed by atoms with E-state index in [-0.39, 0.29) is 18.2 Å². The Kier molecular flexibility index (Phi) is 7.16. The molecule has 0 saturated carbocycles. The van der Waals surface area contributed by atoms with Crippen LogP contribution >= 0.6 is 0 Å². The molecular weight excluding hydrogens is 416 g/mol. The third kappa shape index (κ3) is 5.60. The summed E-state index contributed by atoms with van der Waals surface area (Å²) in [6.45, 7) is 0. The van der Waals surface area contributed by atoms with E-state index in [4.69, 9.17) is 11.1 Å². The summed E-state index contributed by atoms with van der Waals surface area (Å²) in [6, 6.07) is 18.8. The summed E-state index contributed by atoms with van der Waals surface area (Å²) in [7, 11) is 3.24. The number of amidine groups is 1. The molecule has 3 aromatic rings. The highest BCUT2D eigenvalue weighted by molar-refractivity contribution is 5.98. The Bertz CT molecular complexity index is 1230. The first-order valence-electron chi connectivity index (χ1n) is 10.2. The van der Waals surface area contributed by atoms with Gasteiger partial charge >= 0.3 is 0 Å². The molecule has 4 N–H and O–H groups in total. The van der Waals surface area contributed by atoms with Crippen molar-refractivity contribution < 1.29 is 9.59 Å². The minimum atomic E-state index is -0.811. The fourth-order valence-electron chi connectivity index (χ4n) is 3.37. The second-order valence-electron chi connectivity index (χ2n) is 7.66. The molecule has 2 amide bonds. The molecule has 33 heavy (non-hydrogen) atoms. The number of amides is 2. The number of nitriles is 1. The largest absolute Gasteiger partial charge is 0.382 e. The van der Waals surface area contributed by atoms with Crippen molar-refractivity contribution in [2.75, 3.05) is 14.1 Å². The number of carbonyl (C=O) groups is 2. The molecule has 166 valence electrons. The van der Waals surface area contributed by atoms with Crippen LogP contribution in [0.1, 0.15) is 27.2 Å². The number of nitrogens with two attached hydrogens (primary N) is 1. The van der Waals surface area contributed by atoms with Crippen LogP contribution in [-0.4, -0.2) is 47.7 Å². The second-order valence-corrected chi connectivity index (χ2v) is 7.66.